The summed E-state index contributed by atoms with van der Waals surface area (Å²) in [5, 5.41) is 0.354. The molecule has 150 valence electrons. The molecule has 2 heterocycles. The highest BCUT2D eigenvalue weighted by Crippen LogP contribution is 2.29. The van der Waals surface area contributed by atoms with Crippen LogP contribution in [0, 0.1) is 5.92 Å². The zero-order chi connectivity index (χ0) is 20.0. The Kier molecular flexibility index (Phi) is 7.34. The minimum atomic E-state index is -4.43. The van der Waals surface area contributed by atoms with Crippen molar-refractivity contribution in [2.24, 2.45) is 5.92 Å². The molecule has 1 aromatic rings. The SMILES string of the molecule is CC(C)COC(=O)N1CCN(C(=O)CSc2ccc(C(F)(F)F)cn2)CC1. The zero-order valence-corrected chi connectivity index (χ0v) is 16.0. The van der Waals surface area contributed by atoms with Crippen LogP contribution in [0.25, 0.3) is 0 Å². The lowest BCUT2D eigenvalue weighted by molar-refractivity contribution is -0.138. The number of aromatic nitrogens is 1. The van der Waals surface area contributed by atoms with Crippen LogP contribution in [0.15, 0.2) is 23.4 Å². The quantitative estimate of drug-likeness (QED) is 0.705. The Hall–Kier alpha value is -1.97. The first kappa shape index (κ1) is 21.3. The number of pyridine rings is 1. The first-order valence-corrected chi connectivity index (χ1v) is 9.51. The fourth-order valence-corrected chi connectivity index (χ4v) is 3.07. The average molecular weight is 405 g/mol. The molecule has 1 saturated heterocycles. The number of carbonyl (C=O) groups excluding carboxylic acids is 2. The largest absolute Gasteiger partial charge is 0.449 e. The minimum Gasteiger partial charge on any atom is -0.449 e. The van der Waals surface area contributed by atoms with Crippen LogP contribution in [-0.4, -0.2) is 65.3 Å². The number of hydrogen-bond donors (Lipinski definition) is 0. The van der Waals surface area contributed by atoms with E-state index in [1.165, 1.54) is 6.07 Å². The van der Waals surface area contributed by atoms with Crippen molar-refractivity contribution < 1.29 is 27.5 Å². The lowest BCUT2D eigenvalue weighted by Crippen LogP contribution is -2.51. The van der Waals surface area contributed by atoms with Gasteiger partial charge < -0.3 is 14.5 Å². The van der Waals surface area contributed by atoms with Gasteiger partial charge in [0.05, 0.1) is 22.9 Å². The second kappa shape index (κ2) is 9.29. The molecule has 0 spiro atoms. The van der Waals surface area contributed by atoms with Crippen LogP contribution in [-0.2, 0) is 15.7 Å². The van der Waals surface area contributed by atoms with Crippen molar-refractivity contribution in [1.29, 1.82) is 0 Å². The van der Waals surface area contributed by atoms with Crippen molar-refractivity contribution in [2.45, 2.75) is 25.0 Å². The zero-order valence-electron chi connectivity index (χ0n) is 15.2. The molecule has 0 radical (unpaired) electrons. The Bertz CT molecular complexity index is 645. The van der Waals surface area contributed by atoms with Crippen molar-refractivity contribution >= 4 is 23.8 Å². The van der Waals surface area contributed by atoms with Gasteiger partial charge in [-0.15, -0.1) is 0 Å². The van der Waals surface area contributed by atoms with Crippen LogP contribution >= 0.6 is 11.8 Å². The molecule has 0 atom stereocenters. The number of rotatable bonds is 5. The van der Waals surface area contributed by atoms with E-state index < -0.39 is 11.7 Å². The highest BCUT2D eigenvalue weighted by atomic mass is 32.2. The van der Waals surface area contributed by atoms with Gasteiger partial charge in [0.1, 0.15) is 0 Å². The molecular weight excluding hydrogens is 383 g/mol. The summed E-state index contributed by atoms with van der Waals surface area (Å²) < 4.78 is 42.7. The number of thioether (sulfide) groups is 1. The molecule has 1 fully saturated rings. The third kappa shape index (κ3) is 6.60. The molecule has 27 heavy (non-hydrogen) atoms. The van der Waals surface area contributed by atoms with Gasteiger partial charge in [0.2, 0.25) is 5.91 Å². The summed E-state index contributed by atoms with van der Waals surface area (Å²) in [6.07, 6.45) is -4.05. The molecule has 2 amide bonds. The predicted molar refractivity (Wildman–Crippen MR) is 94.3 cm³/mol. The summed E-state index contributed by atoms with van der Waals surface area (Å²) in [4.78, 5) is 31.1. The van der Waals surface area contributed by atoms with E-state index in [1.54, 1.807) is 9.80 Å². The van der Waals surface area contributed by atoms with Gasteiger partial charge in [-0.05, 0) is 18.1 Å². The number of carbonyl (C=O) groups is 2. The van der Waals surface area contributed by atoms with Gasteiger partial charge in [-0.3, -0.25) is 4.79 Å². The molecule has 2 rings (SSSR count). The molecule has 1 aromatic heterocycles. The van der Waals surface area contributed by atoms with E-state index in [0.29, 0.717) is 37.8 Å². The number of ether oxygens (including phenoxy) is 1. The van der Waals surface area contributed by atoms with Gasteiger partial charge in [0.25, 0.3) is 0 Å². The molecule has 0 aromatic carbocycles. The third-order valence-corrected chi connectivity index (χ3v) is 4.77. The summed E-state index contributed by atoms with van der Waals surface area (Å²) in [6, 6.07) is 2.20. The Labute approximate surface area is 160 Å². The van der Waals surface area contributed by atoms with E-state index in [2.05, 4.69) is 4.98 Å². The maximum absolute atomic E-state index is 12.5. The van der Waals surface area contributed by atoms with Gasteiger partial charge in [-0.1, -0.05) is 25.6 Å². The summed E-state index contributed by atoms with van der Waals surface area (Å²) in [5.74, 6) is 0.195. The van der Waals surface area contributed by atoms with E-state index in [0.717, 1.165) is 24.0 Å². The Morgan fingerprint density at radius 3 is 2.33 bits per heavy atom. The standard InChI is InChI=1S/C17H22F3N3O3S/c1-12(2)10-26-16(25)23-7-5-22(6-8-23)15(24)11-27-14-4-3-13(9-21-14)17(18,19)20/h3-4,9,12H,5-8,10-11H2,1-2H3. The van der Waals surface area contributed by atoms with Gasteiger partial charge in [0.15, 0.2) is 0 Å². The molecule has 0 unspecified atom stereocenters. The Balaban J connectivity index is 1.75. The molecule has 1 aliphatic rings. The van der Waals surface area contributed by atoms with Gasteiger partial charge in [-0.25, -0.2) is 9.78 Å². The molecule has 6 nitrogen and oxygen atoms in total. The van der Waals surface area contributed by atoms with E-state index in [-0.39, 0.29) is 23.7 Å². The second-order valence-electron chi connectivity index (χ2n) is 6.51. The summed E-state index contributed by atoms with van der Waals surface area (Å²) in [6.45, 7) is 5.85. The fourth-order valence-electron chi connectivity index (χ4n) is 2.33. The summed E-state index contributed by atoms with van der Waals surface area (Å²) >= 11 is 1.09. The van der Waals surface area contributed by atoms with Crippen LogP contribution < -0.4 is 0 Å². The predicted octanol–water partition coefficient (Wildman–Crippen LogP) is 3.13. The third-order valence-electron chi connectivity index (χ3n) is 3.84. The molecule has 0 bridgehead atoms. The monoisotopic (exact) mass is 405 g/mol. The Morgan fingerprint density at radius 1 is 1.19 bits per heavy atom. The normalized spacial score (nSPS) is 15.2. The van der Waals surface area contributed by atoms with E-state index in [9.17, 15) is 22.8 Å². The first-order valence-electron chi connectivity index (χ1n) is 8.52. The van der Waals surface area contributed by atoms with Crippen molar-refractivity contribution in [3.8, 4) is 0 Å². The van der Waals surface area contributed by atoms with Crippen molar-refractivity contribution in [3.05, 3.63) is 23.9 Å². The van der Waals surface area contributed by atoms with Crippen molar-refractivity contribution in [3.63, 3.8) is 0 Å². The fraction of sp³-hybridized carbons (Fsp3) is 0.588. The van der Waals surface area contributed by atoms with Gasteiger partial charge in [0, 0.05) is 32.4 Å². The highest BCUT2D eigenvalue weighted by Gasteiger charge is 2.30. The second-order valence-corrected chi connectivity index (χ2v) is 7.51. The molecule has 1 aliphatic heterocycles. The highest BCUT2D eigenvalue weighted by molar-refractivity contribution is 7.99. The molecular formula is C17H22F3N3O3S. The number of nitrogens with zero attached hydrogens (tertiary/aromatic N) is 3. The Morgan fingerprint density at radius 2 is 1.81 bits per heavy atom. The lowest BCUT2D eigenvalue weighted by Gasteiger charge is -2.34. The maximum Gasteiger partial charge on any atom is 0.417 e. The van der Waals surface area contributed by atoms with Crippen LogP contribution in [0.2, 0.25) is 0 Å². The first-order chi connectivity index (χ1) is 12.7. The molecule has 0 aliphatic carbocycles. The van der Waals surface area contributed by atoms with Crippen LogP contribution in [0.3, 0.4) is 0 Å². The molecule has 0 saturated carbocycles. The topological polar surface area (TPSA) is 62.7 Å². The smallest absolute Gasteiger partial charge is 0.417 e. The molecule has 0 N–H and O–H groups in total. The average Bonchev–Trinajstić information content (AvgIpc) is 2.64. The summed E-state index contributed by atoms with van der Waals surface area (Å²) in [7, 11) is 0. The summed E-state index contributed by atoms with van der Waals surface area (Å²) in [5.41, 5.74) is -0.821. The van der Waals surface area contributed by atoms with Crippen molar-refractivity contribution in [2.75, 3.05) is 38.5 Å². The number of piperazine rings is 1. The number of alkyl halides is 3. The number of hydrogen-bond acceptors (Lipinski definition) is 5. The maximum atomic E-state index is 12.5. The number of halogens is 3. The van der Waals surface area contributed by atoms with E-state index in [4.69, 9.17) is 4.74 Å². The van der Waals surface area contributed by atoms with E-state index >= 15 is 0 Å². The minimum absolute atomic E-state index is 0.0795. The van der Waals surface area contributed by atoms with Crippen LogP contribution in [0.5, 0.6) is 0 Å². The van der Waals surface area contributed by atoms with Gasteiger partial charge in [-0.2, -0.15) is 13.2 Å². The van der Waals surface area contributed by atoms with Gasteiger partial charge >= 0.3 is 12.3 Å². The van der Waals surface area contributed by atoms with E-state index in [1.807, 2.05) is 13.8 Å². The number of amides is 2. The lowest BCUT2D eigenvalue weighted by atomic mass is 10.2. The van der Waals surface area contributed by atoms with Crippen LogP contribution in [0.1, 0.15) is 19.4 Å². The van der Waals surface area contributed by atoms with Crippen LogP contribution in [0.4, 0.5) is 18.0 Å². The van der Waals surface area contributed by atoms with Crippen molar-refractivity contribution in [1.82, 2.24) is 14.8 Å². The molecule has 10 heteroatoms.